The van der Waals surface area contributed by atoms with Crippen molar-refractivity contribution in [1.82, 2.24) is 4.98 Å². The molecule has 7 heteroatoms. The highest BCUT2D eigenvalue weighted by Gasteiger charge is 2.06. The van der Waals surface area contributed by atoms with Gasteiger partial charge >= 0.3 is 0 Å². The van der Waals surface area contributed by atoms with E-state index in [1.165, 1.54) is 0 Å². The molecule has 0 aliphatic carbocycles. The molecule has 1 unspecified atom stereocenters. The van der Waals surface area contributed by atoms with Crippen molar-refractivity contribution in [3.05, 3.63) is 60.9 Å². The molecule has 0 saturated heterocycles. The Kier molecular flexibility index (Phi) is 4.95. The van der Waals surface area contributed by atoms with Crippen molar-refractivity contribution in [2.75, 3.05) is 17.2 Å². The standard InChI is InChI=1S/C17H16N4O2S/c18-24(23)16-5-3-14(4-6-16)20-11-17(22)21-15-2-1-13-10-19-8-7-12(13)9-15/h1-10,20H,11,18H2,(H,21,22). The lowest BCUT2D eigenvalue weighted by Gasteiger charge is -2.09. The fourth-order valence-corrected chi connectivity index (χ4v) is 2.66. The van der Waals surface area contributed by atoms with Gasteiger partial charge in [0, 0.05) is 29.2 Å². The van der Waals surface area contributed by atoms with E-state index in [4.69, 9.17) is 5.14 Å². The van der Waals surface area contributed by atoms with Crippen LogP contribution in [0.5, 0.6) is 0 Å². The number of hydrogen-bond donors (Lipinski definition) is 3. The maximum Gasteiger partial charge on any atom is 0.243 e. The normalized spacial score (nSPS) is 11.9. The van der Waals surface area contributed by atoms with Crippen molar-refractivity contribution < 1.29 is 9.35 Å². The number of hydrogen-bond acceptors (Lipinski definition) is 5. The topological polar surface area (TPSA) is 103 Å². The number of rotatable bonds is 5. The SMILES string of the molecule is N[S+]([O-])c1ccc(NCC(=O)Nc2ccc3cnccc3c2)cc1. The molecule has 1 aromatic heterocycles. The molecule has 0 aliphatic heterocycles. The van der Waals surface area contributed by atoms with Gasteiger partial charge in [0.1, 0.15) is 0 Å². The van der Waals surface area contributed by atoms with E-state index in [-0.39, 0.29) is 12.5 Å². The van der Waals surface area contributed by atoms with Gasteiger partial charge in [0.2, 0.25) is 5.91 Å². The van der Waals surface area contributed by atoms with Gasteiger partial charge < -0.3 is 15.2 Å². The van der Waals surface area contributed by atoms with Crippen LogP contribution in [0.1, 0.15) is 0 Å². The number of benzene rings is 2. The second-order valence-electron chi connectivity index (χ2n) is 5.16. The summed E-state index contributed by atoms with van der Waals surface area (Å²) < 4.78 is 11.1. The summed E-state index contributed by atoms with van der Waals surface area (Å²) in [5, 5.41) is 13.2. The van der Waals surface area contributed by atoms with E-state index in [1.54, 1.807) is 36.7 Å². The highest BCUT2D eigenvalue weighted by atomic mass is 32.2. The summed E-state index contributed by atoms with van der Waals surface area (Å²) in [5.74, 6) is -0.158. The van der Waals surface area contributed by atoms with E-state index < -0.39 is 11.4 Å². The number of amides is 1. The van der Waals surface area contributed by atoms with Gasteiger partial charge in [0.05, 0.1) is 17.9 Å². The molecule has 24 heavy (non-hydrogen) atoms. The van der Waals surface area contributed by atoms with Crippen LogP contribution in [0.25, 0.3) is 10.8 Å². The van der Waals surface area contributed by atoms with Crippen molar-refractivity contribution >= 4 is 39.4 Å². The van der Waals surface area contributed by atoms with Gasteiger partial charge in [0.25, 0.3) is 0 Å². The summed E-state index contributed by atoms with van der Waals surface area (Å²) in [4.78, 5) is 16.6. The Morgan fingerprint density at radius 3 is 2.58 bits per heavy atom. The van der Waals surface area contributed by atoms with Crippen LogP contribution < -0.4 is 15.8 Å². The summed E-state index contributed by atoms with van der Waals surface area (Å²) in [7, 11) is 0. The molecule has 0 fully saturated rings. The minimum Gasteiger partial charge on any atom is -0.593 e. The maximum absolute atomic E-state index is 12.0. The Morgan fingerprint density at radius 1 is 1.08 bits per heavy atom. The molecule has 0 bridgehead atoms. The van der Waals surface area contributed by atoms with Gasteiger partial charge in [-0.2, -0.15) is 0 Å². The van der Waals surface area contributed by atoms with E-state index in [2.05, 4.69) is 15.6 Å². The fourth-order valence-electron chi connectivity index (χ4n) is 2.26. The van der Waals surface area contributed by atoms with Crippen molar-refractivity contribution in [2.45, 2.75) is 4.90 Å². The molecule has 1 amide bonds. The number of aromatic nitrogens is 1. The molecule has 1 atom stereocenters. The zero-order valence-corrected chi connectivity index (χ0v) is 13.5. The Bertz CT molecular complexity index is 853. The average Bonchev–Trinajstić information content (AvgIpc) is 2.60. The number of anilines is 2. The van der Waals surface area contributed by atoms with Crippen LogP contribution in [0.2, 0.25) is 0 Å². The smallest absolute Gasteiger partial charge is 0.243 e. The highest BCUT2D eigenvalue weighted by molar-refractivity contribution is 7.89. The zero-order chi connectivity index (χ0) is 16.9. The molecular weight excluding hydrogens is 324 g/mol. The third kappa shape index (κ3) is 4.02. The summed E-state index contributed by atoms with van der Waals surface area (Å²) in [6, 6.07) is 14.3. The Balaban J connectivity index is 1.58. The van der Waals surface area contributed by atoms with Gasteiger partial charge in [-0.3, -0.25) is 9.78 Å². The van der Waals surface area contributed by atoms with Crippen LogP contribution in [-0.2, 0) is 16.2 Å². The molecular formula is C17H16N4O2S. The van der Waals surface area contributed by atoms with Gasteiger partial charge in [-0.1, -0.05) is 6.07 Å². The number of nitrogens with one attached hydrogen (secondary N) is 2. The third-order valence-electron chi connectivity index (χ3n) is 3.46. The molecule has 122 valence electrons. The number of nitrogens with zero attached hydrogens (tertiary/aromatic N) is 1. The first-order chi connectivity index (χ1) is 11.6. The molecule has 2 aromatic carbocycles. The Labute approximate surface area is 142 Å². The third-order valence-corrected chi connectivity index (χ3v) is 4.20. The average molecular weight is 340 g/mol. The first-order valence-corrected chi connectivity index (χ1v) is 8.47. The predicted molar refractivity (Wildman–Crippen MR) is 95.9 cm³/mol. The van der Waals surface area contributed by atoms with E-state index in [0.717, 1.165) is 22.1 Å². The van der Waals surface area contributed by atoms with Gasteiger partial charge in [-0.05, 0) is 47.9 Å². The lowest BCUT2D eigenvalue weighted by molar-refractivity contribution is -0.114. The molecule has 3 aromatic rings. The quantitative estimate of drug-likeness (QED) is 0.618. The van der Waals surface area contributed by atoms with Crippen LogP contribution in [-0.4, -0.2) is 22.0 Å². The van der Waals surface area contributed by atoms with Gasteiger partial charge in [-0.15, -0.1) is 5.14 Å². The zero-order valence-electron chi connectivity index (χ0n) is 12.7. The largest absolute Gasteiger partial charge is 0.593 e. The molecule has 0 spiro atoms. The summed E-state index contributed by atoms with van der Waals surface area (Å²) in [6.45, 7) is 0.124. The molecule has 4 N–H and O–H groups in total. The molecule has 0 aliphatic rings. The fraction of sp³-hybridized carbons (Fsp3) is 0.0588. The second kappa shape index (κ2) is 7.31. The molecule has 0 radical (unpaired) electrons. The summed E-state index contributed by atoms with van der Waals surface area (Å²) in [5.41, 5.74) is 1.48. The maximum atomic E-state index is 12.0. The lowest BCUT2D eigenvalue weighted by Crippen LogP contribution is -2.21. The van der Waals surface area contributed by atoms with Crippen LogP contribution in [0.4, 0.5) is 11.4 Å². The van der Waals surface area contributed by atoms with E-state index >= 15 is 0 Å². The first-order valence-electron chi connectivity index (χ1n) is 7.25. The first kappa shape index (κ1) is 16.3. The van der Waals surface area contributed by atoms with Gasteiger partial charge in [-0.25, -0.2) is 0 Å². The van der Waals surface area contributed by atoms with Crippen molar-refractivity contribution in [1.29, 1.82) is 0 Å². The second-order valence-corrected chi connectivity index (χ2v) is 6.23. The van der Waals surface area contributed by atoms with Crippen molar-refractivity contribution in [3.8, 4) is 0 Å². The van der Waals surface area contributed by atoms with Crippen molar-refractivity contribution in [2.24, 2.45) is 5.14 Å². The number of pyridine rings is 1. The Morgan fingerprint density at radius 2 is 1.83 bits per heavy atom. The van der Waals surface area contributed by atoms with Gasteiger partial charge in [0.15, 0.2) is 4.90 Å². The Hall–Kier alpha value is -2.61. The minimum atomic E-state index is -1.50. The molecule has 3 rings (SSSR count). The van der Waals surface area contributed by atoms with E-state index in [1.807, 2.05) is 24.3 Å². The van der Waals surface area contributed by atoms with Crippen LogP contribution in [0.15, 0.2) is 65.8 Å². The highest BCUT2D eigenvalue weighted by Crippen LogP contribution is 2.18. The number of carbonyl (C=O) groups excluding carboxylic acids is 1. The van der Waals surface area contributed by atoms with Crippen LogP contribution in [0.3, 0.4) is 0 Å². The number of carbonyl (C=O) groups is 1. The minimum absolute atomic E-state index is 0.124. The molecule has 1 heterocycles. The number of nitrogens with two attached hydrogens (primary N) is 1. The molecule has 6 nitrogen and oxygen atoms in total. The summed E-state index contributed by atoms with van der Waals surface area (Å²) in [6.07, 6.45) is 3.49. The predicted octanol–water partition coefficient (Wildman–Crippen LogP) is 2.27. The van der Waals surface area contributed by atoms with E-state index in [9.17, 15) is 9.35 Å². The molecule has 0 saturated carbocycles. The van der Waals surface area contributed by atoms with Crippen LogP contribution in [0, 0.1) is 0 Å². The van der Waals surface area contributed by atoms with Crippen molar-refractivity contribution in [3.63, 3.8) is 0 Å². The van der Waals surface area contributed by atoms with Crippen LogP contribution >= 0.6 is 0 Å². The monoisotopic (exact) mass is 340 g/mol. The van der Waals surface area contributed by atoms with E-state index in [0.29, 0.717) is 4.90 Å². The summed E-state index contributed by atoms with van der Waals surface area (Å²) >= 11 is -1.50. The lowest BCUT2D eigenvalue weighted by atomic mass is 10.1. The number of fused-ring (bicyclic) bond motifs is 1.